The van der Waals surface area contributed by atoms with Gasteiger partial charge in [0.05, 0.1) is 6.54 Å². The number of anilines is 2. The van der Waals surface area contributed by atoms with E-state index in [2.05, 4.69) is 62.2 Å². The lowest BCUT2D eigenvalue weighted by Crippen LogP contribution is -2.33. The van der Waals surface area contributed by atoms with E-state index in [1.165, 1.54) is 16.7 Å². The van der Waals surface area contributed by atoms with Gasteiger partial charge in [-0.3, -0.25) is 4.79 Å². The third-order valence-corrected chi connectivity index (χ3v) is 3.94. The second kappa shape index (κ2) is 7.32. The van der Waals surface area contributed by atoms with Crippen LogP contribution in [0.5, 0.6) is 0 Å². The zero-order chi connectivity index (χ0) is 17.0. The zero-order valence-corrected chi connectivity index (χ0v) is 14.7. The molecule has 0 unspecified atom stereocenters. The molecular formula is C20H26N2O. The van der Waals surface area contributed by atoms with Crippen molar-refractivity contribution in [3.63, 3.8) is 0 Å². The van der Waals surface area contributed by atoms with Crippen molar-refractivity contribution in [2.45, 2.75) is 34.6 Å². The van der Waals surface area contributed by atoms with Gasteiger partial charge in [-0.1, -0.05) is 23.8 Å². The molecule has 1 amide bonds. The van der Waals surface area contributed by atoms with Crippen molar-refractivity contribution in [3.05, 3.63) is 58.7 Å². The van der Waals surface area contributed by atoms with E-state index in [1.54, 1.807) is 0 Å². The molecule has 0 aliphatic heterocycles. The van der Waals surface area contributed by atoms with E-state index in [9.17, 15) is 4.79 Å². The molecule has 0 fully saturated rings. The Bertz CT molecular complexity index is 687. The molecule has 0 spiro atoms. The summed E-state index contributed by atoms with van der Waals surface area (Å²) in [6, 6.07) is 12.5. The second-order valence-corrected chi connectivity index (χ2v) is 6.23. The van der Waals surface area contributed by atoms with E-state index in [-0.39, 0.29) is 5.91 Å². The first-order valence-corrected chi connectivity index (χ1v) is 8.09. The van der Waals surface area contributed by atoms with Crippen LogP contribution in [0.2, 0.25) is 0 Å². The Labute approximate surface area is 139 Å². The van der Waals surface area contributed by atoms with E-state index in [0.717, 1.165) is 23.5 Å². The summed E-state index contributed by atoms with van der Waals surface area (Å²) in [4.78, 5) is 14.5. The molecular weight excluding hydrogens is 284 g/mol. The lowest BCUT2D eigenvalue weighted by atomic mass is 10.1. The molecule has 0 bridgehead atoms. The van der Waals surface area contributed by atoms with Gasteiger partial charge in [0.2, 0.25) is 5.91 Å². The van der Waals surface area contributed by atoms with Crippen molar-refractivity contribution < 1.29 is 4.79 Å². The first-order valence-electron chi connectivity index (χ1n) is 8.09. The molecule has 0 aromatic heterocycles. The largest absolute Gasteiger partial charge is 0.362 e. The van der Waals surface area contributed by atoms with E-state index in [1.807, 2.05) is 19.1 Å². The van der Waals surface area contributed by atoms with Crippen molar-refractivity contribution in [2.24, 2.45) is 0 Å². The Morgan fingerprint density at radius 2 is 1.61 bits per heavy atom. The van der Waals surface area contributed by atoms with Gasteiger partial charge >= 0.3 is 0 Å². The van der Waals surface area contributed by atoms with Crippen LogP contribution < -0.4 is 10.2 Å². The van der Waals surface area contributed by atoms with Crippen LogP contribution >= 0.6 is 0 Å². The highest BCUT2D eigenvalue weighted by molar-refractivity contribution is 5.94. The minimum atomic E-state index is 0.0120. The fourth-order valence-electron chi connectivity index (χ4n) is 2.84. The normalized spacial score (nSPS) is 10.5. The van der Waals surface area contributed by atoms with Gasteiger partial charge in [-0.15, -0.1) is 0 Å². The number of carbonyl (C=O) groups excluding carboxylic acids is 1. The van der Waals surface area contributed by atoms with Crippen LogP contribution in [0.15, 0.2) is 36.4 Å². The maximum Gasteiger partial charge on any atom is 0.243 e. The van der Waals surface area contributed by atoms with Gasteiger partial charge in [-0.25, -0.2) is 0 Å². The Morgan fingerprint density at radius 1 is 0.957 bits per heavy atom. The number of nitrogens with one attached hydrogen (secondary N) is 1. The number of benzene rings is 2. The molecule has 2 aromatic carbocycles. The van der Waals surface area contributed by atoms with E-state index >= 15 is 0 Å². The number of amides is 1. The number of hydrogen-bond acceptors (Lipinski definition) is 2. The smallest absolute Gasteiger partial charge is 0.243 e. The van der Waals surface area contributed by atoms with Crippen molar-refractivity contribution in [1.29, 1.82) is 0 Å². The highest BCUT2D eigenvalue weighted by Crippen LogP contribution is 2.19. The lowest BCUT2D eigenvalue weighted by Gasteiger charge is -2.23. The third kappa shape index (κ3) is 4.59. The minimum absolute atomic E-state index is 0.0120. The highest BCUT2D eigenvalue weighted by Gasteiger charge is 2.12. The average molecular weight is 310 g/mol. The predicted octanol–water partition coefficient (Wildman–Crippen LogP) is 4.39. The first-order chi connectivity index (χ1) is 10.9. The molecule has 0 saturated carbocycles. The van der Waals surface area contributed by atoms with E-state index in [0.29, 0.717) is 6.54 Å². The third-order valence-electron chi connectivity index (χ3n) is 3.94. The number of nitrogens with zero attached hydrogens (tertiary/aromatic N) is 1. The van der Waals surface area contributed by atoms with Gasteiger partial charge < -0.3 is 10.2 Å². The second-order valence-electron chi connectivity index (χ2n) is 6.23. The van der Waals surface area contributed by atoms with Gasteiger partial charge in [0.15, 0.2) is 0 Å². The Hall–Kier alpha value is -2.29. The summed E-state index contributed by atoms with van der Waals surface area (Å²) >= 11 is 0. The summed E-state index contributed by atoms with van der Waals surface area (Å²) in [6.07, 6.45) is 0. The van der Waals surface area contributed by atoms with E-state index < -0.39 is 0 Å². The Morgan fingerprint density at radius 3 is 2.17 bits per heavy atom. The highest BCUT2D eigenvalue weighted by atomic mass is 16.2. The molecule has 3 nitrogen and oxygen atoms in total. The number of rotatable bonds is 5. The summed E-state index contributed by atoms with van der Waals surface area (Å²) in [5.41, 5.74) is 6.71. The molecule has 0 saturated heterocycles. The zero-order valence-electron chi connectivity index (χ0n) is 14.7. The van der Waals surface area contributed by atoms with Crippen LogP contribution in [0.3, 0.4) is 0 Å². The van der Waals surface area contributed by atoms with Crippen molar-refractivity contribution in [1.82, 2.24) is 0 Å². The van der Waals surface area contributed by atoms with Crippen LogP contribution in [-0.2, 0) is 4.79 Å². The molecule has 2 aromatic rings. The van der Waals surface area contributed by atoms with Crippen molar-refractivity contribution >= 4 is 17.3 Å². The fourth-order valence-corrected chi connectivity index (χ4v) is 2.84. The van der Waals surface area contributed by atoms with Gasteiger partial charge in [0, 0.05) is 17.9 Å². The molecule has 23 heavy (non-hydrogen) atoms. The summed E-state index contributed by atoms with van der Waals surface area (Å²) in [5.74, 6) is 0.0120. The molecule has 0 aliphatic rings. The fraction of sp³-hybridized carbons (Fsp3) is 0.350. The molecule has 0 atom stereocenters. The topological polar surface area (TPSA) is 32.3 Å². The number of likely N-dealkylation sites (N-methyl/N-ethyl adjacent to an activating group) is 1. The average Bonchev–Trinajstić information content (AvgIpc) is 2.46. The Kier molecular flexibility index (Phi) is 5.43. The molecule has 0 radical (unpaired) electrons. The molecule has 0 aliphatic carbocycles. The SMILES string of the molecule is CCN(CC(=O)Nc1ccc(C)cc1C)c1cc(C)cc(C)c1. The maximum atomic E-state index is 12.4. The van der Waals surface area contributed by atoms with E-state index in [4.69, 9.17) is 0 Å². The summed E-state index contributed by atoms with van der Waals surface area (Å²) in [5, 5.41) is 3.02. The number of carbonyl (C=O) groups is 1. The predicted molar refractivity (Wildman–Crippen MR) is 98.3 cm³/mol. The number of hydrogen-bond donors (Lipinski definition) is 1. The van der Waals surface area contributed by atoms with Crippen molar-refractivity contribution in [3.8, 4) is 0 Å². The van der Waals surface area contributed by atoms with Crippen LogP contribution in [0.25, 0.3) is 0 Å². The van der Waals surface area contributed by atoms with Crippen LogP contribution in [0.1, 0.15) is 29.2 Å². The van der Waals surface area contributed by atoms with Gasteiger partial charge in [0.1, 0.15) is 0 Å². The number of aryl methyl sites for hydroxylation is 4. The molecule has 3 heteroatoms. The van der Waals surface area contributed by atoms with Gasteiger partial charge in [-0.2, -0.15) is 0 Å². The van der Waals surface area contributed by atoms with Crippen LogP contribution in [-0.4, -0.2) is 19.0 Å². The molecule has 0 heterocycles. The van der Waals surface area contributed by atoms with Gasteiger partial charge in [-0.05, 0) is 69.5 Å². The minimum Gasteiger partial charge on any atom is -0.362 e. The molecule has 2 rings (SSSR count). The van der Waals surface area contributed by atoms with Crippen LogP contribution in [0.4, 0.5) is 11.4 Å². The van der Waals surface area contributed by atoms with Crippen LogP contribution in [0, 0.1) is 27.7 Å². The Balaban J connectivity index is 2.10. The summed E-state index contributed by atoms with van der Waals surface area (Å²) < 4.78 is 0. The monoisotopic (exact) mass is 310 g/mol. The molecule has 1 N–H and O–H groups in total. The molecule has 122 valence electrons. The summed E-state index contributed by atoms with van der Waals surface area (Å²) in [6.45, 7) is 11.5. The van der Waals surface area contributed by atoms with Gasteiger partial charge in [0.25, 0.3) is 0 Å². The lowest BCUT2D eigenvalue weighted by molar-refractivity contribution is -0.115. The first kappa shape index (κ1) is 17.1. The standard InChI is InChI=1S/C20H26N2O/c1-6-22(18-11-15(3)9-16(4)12-18)13-20(23)21-19-8-7-14(2)10-17(19)5/h7-12H,6,13H2,1-5H3,(H,21,23). The maximum absolute atomic E-state index is 12.4. The summed E-state index contributed by atoms with van der Waals surface area (Å²) in [7, 11) is 0. The van der Waals surface area contributed by atoms with Crippen molar-refractivity contribution in [2.75, 3.05) is 23.3 Å². The quantitative estimate of drug-likeness (QED) is 0.888.